The predicted molar refractivity (Wildman–Crippen MR) is 74.1 cm³/mol. The lowest BCUT2D eigenvalue weighted by atomic mass is 10.1. The predicted octanol–water partition coefficient (Wildman–Crippen LogP) is 0.915. The van der Waals surface area contributed by atoms with Gasteiger partial charge in [0.1, 0.15) is 0 Å². The molecule has 1 aromatic carbocycles. The van der Waals surface area contributed by atoms with Crippen molar-refractivity contribution in [2.45, 2.75) is 13.8 Å². The van der Waals surface area contributed by atoms with Gasteiger partial charge in [-0.15, -0.1) is 0 Å². The van der Waals surface area contributed by atoms with Gasteiger partial charge in [0.05, 0.1) is 17.8 Å². The van der Waals surface area contributed by atoms with E-state index in [0.717, 1.165) is 0 Å². The summed E-state index contributed by atoms with van der Waals surface area (Å²) in [5.74, 6) is -1.32. The number of aromatic carboxylic acids is 1. The fourth-order valence-electron chi connectivity index (χ4n) is 1.87. The fourth-order valence-corrected chi connectivity index (χ4v) is 1.87. The minimum absolute atomic E-state index is 0.0398. The summed E-state index contributed by atoms with van der Waals surface area (Å²) in [6, 6.07) is 4.50. The summed E-state index contributed by atoms with van der Waals surface area (Å²) in [7, 11) is 0. The van der Waals surface area contributed by atoms with Crippen molar-refractivity contribution in [2.24, 2.45) is 11.7 Å². The molecule has 0 spiro atoms. The second kappa shape index (κ2) is 6.08. The summed E-state index contributed by atoms with van der Waals surface area (Å²) in [5, 5.41) is 9.19. The van der Waals surface area contributed by atoms with Crippen LogP contribution in [0.1, 0.15) is 24.2 Å². The van der Waals surface area contributed by atoms with E-state index in [1.807, 2.05) is 13.8 Å². The number of primary amides is 1. The molecule has 0 aromatic heterocycles. The zero-order chi connectivity index (χ0) is 14.6. The molecule has 0 fully saturated rings. The van der Waals surface area contributed by atoms with E-state index in [2.05, 4.69) is 0 Å². The lowest BCUT2D eigenvalue weighted by Crippen LogP contribution is -2.37. The average molecular weight is 265 g/mol. The molecule has 0 atom stereocenters. The molecule has 19 heavy (non-hydrogen) atoms. The van der Waals surface area contributed by atoms with E-state index in [-0.39, 0.29) is 18.0 Å². The molecular formula is C13H19N3O3. The Labute approximate surface area is 112 Å². The zero-order valence-corrected chi connectivity index (χ0v) is 11.1. The third-order valence-electron chi connectivity index (χ3n) is 2.53. The fraction of sp³-hybridized carbons (Fsp3) is 0.385. The van der Waals surface area contributed by atoms with E-state index >= 15 is 0 Å². The van der Waals surface area contributed by atoms with Gasteiger partial charge in [0.25, 0.3) is 0 Å². The number of hydrogen-bond donors (Lipinski definition) is 3. The van der Waals surface area contributed by atoms with Gasteiger partial charge in [0, 0.05) is 12.2 Å². The largest absolute Gasteiger partial charge is 0.478 e. The molecule has 0 bridgehead atoms. The smallest absolute Gasteiger partial charge is 0.337 e. The van der Waals surface area contributed by atoms with Gasteiger partial charge in [-0.05, 0) is 24.1 Å². The minimum atomic E-state index is -1.06. The Morgan fingerprint density at radius 3 is 2.47 bits per heavy atom. The van der Waals surface area contributed by atoms with Crippen LogP contribution in [-0.2, 0) is 4.79 Å². The van der Waals surface area contributed by atoms with E-state index in [4.69, 9.17) is 11.5 Å². The first-order valence-electron chi connectivity index (χ1n) is 5.97. The molecule has 6 nitrogen and oxygen atoms in total. The van der Waals surface area contributed by atoms with E-state index in [0.29, 0.717) is 17.9 Å². The topological polar surface area (TPSA) is 110 Å². The van der Waals surface area contributed by atoms with Crippen LogP contribution in [0.15, 0.2) is 18.2 Å². The highest BCUT2D eigenvalue weighted by atomic mass is 16.4. The second-order valence-corrected chi connectivity index (χ2v) is 4.82. The summed E-state index contributed by atoms with van der Waals surface area (Å²) in [5.41, 5.74) is 11.9. The quantitative estimate of drug-likeness (QED) is 0.662. The number of benzene rings is 1. The first-order valence-corrected chi connectivity index (χ1v) is 5.97. The van der Waals surface area contributed by atoms with Crippen molar-refractivity contribution in [1.82, 2.24) is 0 Å². The van der Waals surface area contributed by atoms with Crippen molar-refractivity contribution < 1.29 is 14.7 Å². The van der Waals surface area contributed by atoms with Gasteiger partial charge in [0.15, 0.2) is 0 Å². The Balaban J connectivity index is 3.22. The number of nitrogens with zero attached hydrogens (tertiary/aromatic N) is 1. The molecule has 6 heteroatoms. The van der Waals surface area contributed by atoms with Crippen molar-refractivity contribution in [3.05, 3.63) is 23.8 Å². The number of carbonyl (C=O) groups excluding carboxylic acids is 1. The van der Waals surface area contributed by atoms with Gasteiger partial charge >= 0.3 is 5.97 Å². The molecule has 104 valence electrons. The number of nitrogen functional groups attached to an aromatic ring is 1. The number of carboxylic acids is 1. The molecule has 0 aliphatic heterocycles. The van der Waals surface area contributed by atoms with Crippen LogP contribution >= 0.6 is 0 Å². The van der Waals surface area contributed by atoms with Crippen molar-refractivity contribution in [3.8, 4) is 0 Å². The summed E-state index contributed by atoms with van der Waals surface area (Å²) >= 11 is 0. The highest BCUT2D eigenvalue weighted by Crippen LogP contribution is 2.24. The first kappa shape index (κ1) is 14.8. The highest BCUT2D eigenvalue weighted by Gasteiger charge is 2.18. The van der Waals surface area contributed by atoms with Crippen molar-refractivity contribution in [2.75, 3.05) is 23.7 Å². The maximum Gasteiger partial charge on any atom is 0.337 e. The number of amides is 1. The molecule has 0 unspecified atom stereocenters. The Morgan fingerprint density at radius 2 is 2.00 bits per heavy atom. The monoisotopic (exact) mass is 265 g/mol. The third kappa shape index (κ3) is 4.17. The van der Waals surface area contributed by atoms with Gasteiger partial charge in [-0.2, -0.15) is 0 Å². The molecule has 1 amide bonds. The number of anilines is 2. The van der Waals surface area contributed by atoms with E-state index < -0.39 is 11.9 Å². The second-order valence-electron chi connectivity index (χ2n) is 4.82. The summed E-state index contributed by atoms with van der Waals surface area (Å²) in [4.78, 5) is 24.0. The molecule has 5 N–H and O–H groups in total. The Hall–Kier alpha value is -2.24. The molecule has 1 rings (SSSR count). The van der Waals surface area contributed by atoms with Gasteiger partial charge in [0.2, 0.25) is 5.91 Å². The molecule has 0 aliphatic rings. The molecule has 1 aromatic rings. The number of rotatable bonds is 6. The van der Waals surface area contributed by atoms with Crippen LogP contribution in [0.3, 0.4) is 0 Å². The number of carbonyl (C=O) groups is 2. The maximum atomic E-state index is 11.2. The van der Waals surface area contributed by atoms with Gasteiger partial charge in [-0.1, -0.05) is 13.8 Å². The molecule has 0 heterocycles. The average Bonchev–Trinajstić information content (AvgIpc) is 2.26. The minimum Gasteiger partial charge on any atom is -0.478 e. The molecule has 0 radical (unpaired) electrons. The van der Waals surface area contributed by atoms with Gasteiger partial charge < -0.3 is 21.5 Å². The van der Waals surface area contributed by atoms with Crippen LogP contribution in [0.2, 0.25) is 0 Å². The number of nitrogens with two attached hydrogens (primary N) is 2. The lowest BCUT2D eigenvalue weighted by Gasteiger charge is -2.27. The van der Waals surface area contributed by atoms with Crippen LogP contribution < -0.4 is 16.4 Å². The third-order valence-corrected chi connectivity index (χ3v) is 2.53. The molecule has 0 saturated carbocycles. The van der Waals surface area contributed by atoms with Crippen LogP contribution in [0.25, 0.3) is 0 Å². The van der Waals surface area contributed by atoms with Crippen LogP contribution in [-0.4, -0.2) is 30.1 Å². The SMILES string of the molecule is CC(C)CN(CC(N)=O)c1cc(N)ccc1C(=O)O. The van der Waals surface area contributed by atoms with Crippen LogP contribution in [0.4, 0.5) is 11.4 Å². The molecule has 0 saturated heterocycles. The van der Waals surface area contributed by atoms with E-state index in [1.165, 1.54) is 12.1 Å². The molecular weight excluding hydrogens is 246 g/mol. The lowest BCUT2D eigenvalue weighted by molar-refractivity contribution is -0.116. The van der Waals surface area contributed by atoms with Crippen molar-refractivity contribution in [1.29, 1.82) is 0 Å². The first-order chi connectivity index (χ1) is 8.81. The number of carboxylic acid groups (broad SMARTS) is 1. The van der Waals surface area contributed by atoms with Gasteiger partial charge in [-0.3, -0.25) is 4.79 Å². The van der Waals surface area contributed by atoms with E-state index in [1.54, 1.807) is 11.0 Å². The summed E-state index contributed by atoms with van der Waals surface area (Å²) < 4.78 is 0. The molecule has 0 aliphatic carbocycles. The van der Waals surface area contributed by atoms with Gasteiger partial charge in [-0.25, -0.2) is 4.79 Å². The maximum absolute atomic E-state index is 11.2. The Kier molecular flexibility index (Phi) is 4.74. The van der Waals surface area contributed by atoms with Crippen molar-refractivity contribution in [3.63, 3.8) is 0 Å². The number of hydrogen-bond acceptors (Lipinski definition) is 4. The van der Waals surface area contributed by atoms with Crippen LogP contribution in [0.5, 0.6) is 0 Å². The van der Waals surface area contributed by atoms with Crippen LogP contribution in [0, 0.1) is 5.92 Å². The summed E-state index contributed by atoms with van der Waals surface area (Å²) in [6.45, 7) is 4.43. The standard InChI is InChI=1S/C13H19N3O3/c1-8(2)6-16(7-12(15)17)11-5-9(14)3-4-10(11)13(18)19/h3-5,8H,6-7,14H2,1-2H3,(H2,15,17)(H,18,19). The summed E-state index contributed by atoms with van der Waals surface area (Å²) in [6.07, 6.45) is 0. The van der Waals surface area contributed by atoms with E-state index in [9.17, 15) is 14.7 Å². The zero-order valence-electron chi connectivity index (χ0n) is 11.1. The Morgan fingerprint density at radius 1 is 1.37 bits per heavy atom. The normalized spacial score (nSPS) is 10.5. The van der Waals surface area contributed by atoms with Crippen molar-refractivity contribution >= 4 is 23.3 Å². The Bertz CT molecular complexity index is 486. The highest BCUT2D eigenvalue weighted by molar-refractivity contribution is 5.96.